The van der Waals surface area contributed by atoms with E-state index in [1.54, 1.807) is 6.92 Å². The third-order valence-electron chi connectivity index (χ3n) is 3.45. The number of aromatic amines is 2. The lowest BCUT2D eigenvalue weighted by Crippen LogP contribution is -2.29. The molecule has 2 rings (SSSR count). The van der Waals surface area contributed by atoms with E-state index in [4.69, 9.17) is 0 Å². The third kappa shape index (κ3) is 1.98. The van der Waals surface area contributed by atoms with Gasteiger partial charge in [-0.3, -0.25) is 14.3 Å². The number of hydrogen-bond donors (Lipinski definition) is 2. The van der Waals surface area contributed by atoms with Gasteiger partial charge in [0.15, 0.2) is 15.5 Å². The van der Waals surface area contributed by atoms with Gasteiger partial charge in [-0.05, 0) is 20.8 Å². The molecule has 0 aliphatic heterocycles. The molecule has 2 N–H and O–H groups in total. The molecule has 2 heterocycles. The molecule has 9 heteroatoms. The lowest BCUT2D eigenvalue weighted by atomic mass is 10.2. The first-order valence-corrected chi connectivity index (χ1v) is 7.91. The fraction of sp³-hybridized carbons (Fsp3) is 0.545. The summed E-state index contributed by atoms with van der Waals surface area (Å²) in [6, 6.07) is 0. The highest BCUT2D eigenvalue weighted by molar-refractivity contribution is 7.91. The number of H-pyrrole nitrogens is 2. The van der Waals surface area contributed by atoms with E-state index in [0.717, 1.165) is 6.26 Å². The van der Waals surface area contributed by atoms with Gasteiger partial charge in [0.05, 0.1) is 0 Å². The maximum Gasteiger partial charge on any atom is 0.330 e. The van der Waals surface area contributed by atoms with Crippen LogP contribution in [0.15, 0.2) is 9.59 Å². The van der Waals surface area contributed by atoms with Crippen molar-refractivity contribution < 1.29 is 8.42 Å². The van der Waals surface area contributed by atoms with Gasteiger partial charge in [0.1, 0.15) is 16.1 Å². The largest absolute Gasteiger partial charge is 0.335 e. The van der Waals surface area contributed by atoms with Crippen LogP contribution >= 0.6 is 0 Å². The molecule has 0 radical (unpaired) electrons. The van der Waals surface area contributed by atoms with Crippen LogP contribution in [-0.4, -0.2) is 34.2 Å². The second-order valence-electron chi connectivity index (χ2n) is 5.07. The van der Waals surface area contributed by atoms with Gasteiger partial charge in [0.2, 0.25) is 0 Å². The molecule has 0 saturated carbocycles. The van der Waals surface area contributed by atoms with Gasteiger partial charge in [-0.15, -0.1) is 0 Å². The van der Waals surface area contributed by atoms with Crippen LogP contribution in [0.4, 0.5) is 0 Å². The number of nitrogens with zero attached hydrogens (tertiary/aromatic N) is 2. The summed E-state index contributed by atoms with van der Waals surface area (Å²) in [4.78, 5) is 32.5. The Morgan fingerprint density at radius 3 is 2.35 bits per heavy atom. The van der Waals surface area contributed by atoms with Crippen molar-refractivity contribution in [1.29, 1.82) is 0 Å². The molecule has 0 fully saturated rings. The summed E-state index contributed by atoms with van der Waals surface area (Å²) < 4.78 is 23.6. The fourth-order valence-electron chi connectivity index (χ4n) is 1.80. The molecule has 2 aromatic rings. The van der Waals surface area contributed by atoms with Crippen molar-refractivity contribution in [2.24, 2.45) is 0 Å². The summed E-state index contributed by atoms with van der Waals surface area (Å²) in [5.41, 5.74) is -0.927. The van der Waals surface area contributed by atoms with Crippen LogP contribution in [0.1, 0.15) is 26.6 Å². The van der Waals surface area contributed by atoms with Crippen LogP contribution < -0.4 is 11.2 Å². The van der Waals surface area contributed by atoms with Crippen molar-refractivity contribution >= 4 is 21.0 Å². The second kappa shape index (κ2) is 4.30. The second-order valence-corrected chi connectivity index (χ2v) is 7.63. The first-order chi connectivity index (χ1) is 9.09. The number of rotatable bonds is 3. The van der Waals surface area contributed by atoms with E-state index >= 15 is 0 Å². The predicted molar refractivity (Wildman–Crippen MR) is 74.5 cm³/mol. The van der Waals surface area contributed by atoms with E-state index in [9.17, 15) is 18.0 Å². The molecule has 0 unspecified atom stereocenters. The van der Waals surface area contributed by atoms with Crippen molar-refractivity contribution in [2.75, 3.05) is 6.26 Å². The van der Waals surface area contributed by atoms with Gasteiger partial charge in [-0.2, -0.15) is 0 Å². The average Bonchev–Trinajstić information content (AvgIpc) is 2.73. The van der Waals surface area contributed by atoms with Crippen molar-refractivity contribution in [2.45, 2.75) is 32.1 Å². The average molecular weight is 300 g/mol. The summed E-state index contributed by atoms with van der Waals surface area (Å²) in [6.45, 7) is 5.02. The molecule has 0 bridgehead atoms. The Morgan fingerprint density at radius 1 is 1.25 bits per heavy atom. The van der Waals surface area contributed by atoms with Gasteiger partial charge in [-0.25, -0.2) is 18.2 Å². The molecule has 0 aliphatic rings. The maximum absolute atomic E-state index is 11.8. The summed E-state index contributed by atoms with van der Waals surface area (Å²) in [5, 5.41) is 0. The molecule has 0 aromatic carbocycles. The summed E-state index contributed by atoms with van der Waals surface area (Å²) in [6.07, 6.45) is 1.09. The highest BCUT2D eigenvalue weighted by Crippen LogP contribution is 2.27. The van der Waals surface area contributed by atoms with E-state index in [2.05, 4.69) is 15.0 Å². The first-order valence-electron chi connectivity index (χ1n) is 6.02. The van der Waals surface area contributed by atoms with Crippen LogP contribution in [0.3, 0.4) is 0 Å². The lowest BCUT2D eigenvalue weighted by molar-refractivity contribution is 0.552. The molecule has 0 aliphatic carbocycles. The van der Waals surface area contributed by atoms with Gasteiger partial charge < -0.3 is 4.98 Å². The Balaban J connectivity index is 2.89. The zero-order chi connectivity index (χ0) is 15.3. The normalized spacial score (nSPS) is 13.0. The Hall–Kier alpha value is -1.90. The number of nitrogens with one attached hydrogen (secondary N) is 2. The Labute approximate surface area is 114 Å². The minimum absolute atomic E-state index is 0.0955. The number of sulfone groups is 1. The fourth-order valence-corrected chi connectivity index (χ4v) is 2.24. The van der Waals surface area contributed by atoms with Crippen LogP contribution in [-0.2, 0) is 21.1 Å². The Kier molecular flexibility index (Phi) is 3.12. The topological polar surface area (TPSA) is 118 Å². The standard InChI is InChI=1S/C11H16N4O4S/c1-5-15-7-6(8(16)14-10(15)17)12-9(13-7)11(2,3)20(4,18)19/h5H2,1-4H3,(H,12,13)(H,14,16,17). The summed E-state index contributed by atoms with van der Waals surface area (Å²) in [5.74, 6) is 0.133. The molecular weight excluding hydrogens is 284 g/mol. The van der Waals surface area contributed by atoms with Gasteiger partial charge >= 0.3 is 5.69 Å². The van der Waals surface area contributed by atoms with Crippen LogP contribution in [0.2, 0.25) is 0 Å². The monoisotopic (exact) mass is 300 g/mol. The zero-order valence-corrected chi connectivity index (χ0v) is 12.5. The first kappa shape index (κ1) is 14.5. The number of aryl methyl sites for hydroxylation is 1. The molecular formula is C11H16N4O4S. The quantitative estimate of drug-likeness (QED) is 0.807. The number of aromatic nitrogens is 4. The minimum Gasteiger partial charge on any atom is -0.335 e. The molecule has 110 valence electrons. The Bertz CT molecular complexity index is 885. The van der Waals surface area contributed by atoms with Gasteiger partial charge in [0.25, 0.3) is 5.56 Å². The van der Waals surface area contributed by atoms with Crippen LogP contribution in [0.25, 0.3) is 11.2 Å². The molecule has 0 atom stereocenters. The molecule has 0 amide bonds. The van der Waals surface area contributed by atoms with Gasteiger partial charge in [0, 0.05) is 12.8 Å². The summed E-state index contributed by atoms with van der Waals surface area (Å²) in [7, 11) is -3.44. The smallest absolute Gasteiger partial charge is 0.330 e. The maximum atomic E-state index is 11.8. The highest BCUT2D eigenvalue weighted by Gasteiger charge is 2.36. The van der Waals surface area contributed by atoms with Crippen molar-refractivity contribution in [1.82, 2.24) is 19.5 Å². The number of fused-ring (bicyclic) bond motifs is 1. The van der Waals surface area contributed by atoms with Crippen molar-refractivity contribution in [3.8, 4) is 0 Å². The predicted octanol–water partition coefficient (Wildman–Crippen LogP) is -0.287. The van der Waals surface area contributed by atoms with Crippen LogP contribution in [0.5, 0.6) is 0 Å². The molecule has 20 heavy (non-hydrogen) atoms. The van der Waals surface area contributed by atoms with Gasteiger partial charge in [-0.1, -0.05) is 0 Å². The third-order valence-corrected chi connectivity index (χ3v) is 5.49. The van der Waals surface area contributed by atoms with E-state index in [1.807, 2.05) is 0 Å². The summed E-state index contributed by atoms with van der Waals surface area (Å²) >= 11 is 0. The van der Waals surface area contributed by atoms with E-state index < -0.39 is 25.8 Å². The van der Waals surface area contributed by atoms with Crippen molar-refractivity contribution in [3.63, 3.8) is 0 Å². The minimum atomic E-state index is -3.44. The lowest BCUT2D eigenvalue weighted by Gasteiger charge is -2.19. The van der Waals surface area contributed by atoms with E-state index in [1.165, 1.54) is 18.4 Å². The number of hydrogen-bond acceptors (Lipinski definition) is 5. The molecule has 8 nitrogen and oxygen atoms in total. The van der Waals surface area contributed by atoms with E-state index in [0.29, 0.717) is 6.54 Å². The van der Waals surface area contributed by atoms with Crippen LogP contribution in [0, 0.1) is 0 Å². The highest BCUT2D eigenvalue weighted by atomic mass is 32.2. The van der Waals surface area contributed by atoms with E-state index in [-0.39, 0.29) is 17.0 Å². The van der Waals surface area contributed by atoms with Crippen molar-refractivity contribution in [3.05, 3.63) is 26.7 Å². The zero-order valence-electron chi connectivity index (χ0n) is 11.6. The molecule has 0 saturated heterocycles. The molecule has 2 aromatic heterocycles. The Morgan fingerprint density at radius 2 is 1.85 bits per heavy atom. The SMILES string of the molecule is CCn1c(=O)[nH]c(=O)c2[nH]c(C(C)(C)S(C)(=O)=O)nc21. The number of imidazole rings is 1. The molecule has 0 spiro atoms.